The lowest BCUT2D eigenvalue weighted by Gasteiger charge is -2.16. The van der Waals surface area contributed by atoms with Gasteiger partial charge in [-0.3, -0.25) is 0 Å². The smallest absolute Gasteiger partial charge is 0.166 e. The summed E-state index contributed by atoms with van der Waals surface area (Å²) >= 11 is 0. The van der Waals surface area contributed by atoms with Crippen LogP contribution in [0.4, 0.5) is 8.78 Å². The Morgan fingerprint density at radius 1 is 0.778 bits per heavy atom. The lowest BCUT2D eigenvalue weighted by molar-refractivity contribution is 0.280. The van der Waals surface area contributed by atoms with Gasteiger partial charge in [-0.1, -0.05) is 36.4 Å². The minimum Gasteiger partial charge on any atom is -0.493 e. The molecule has 0 aliphatic rings. The second-order valence-corrected chi connectivity index (χ2v) is 6.09. The zero-order valence-corrected chi connectivity index (χ0v) is 15.0. The third-order valence-corrected chi connectivity index (χ3v) is 4.13. The van der Waals surface area contributed by atoms with E-state index >= 15 is 0 Å². The van der Waals surface area contributed by atoms with E-state index in [1.807, 2.05) is 18.2 Å². The molecule has 0 amide bonds. The Morgan fingerprint density at radius 3 is 2.04 bits per heavy atom. The molecule has 0 heterocycles. The second-order valence-electron chi connectivity index (χ2n) is 6.09. The molecule has 0 aromatic heterocycles. The molecule has 1 N–H and O–H groups in total. The van der Waals surface area contributed by atoms with Gasteiger partial charge in [0.25, 0.3) is 0 Å². The van der Waals surface area contributed by atoms with Gasteiger partial charge in [0.05, 0.1) is 7.11 Å². The highest BCUT2D eigenvalue weighted by atomic mass is 19.1. The summed E-state index contributed by atoms with van der Waals surface area (Å²) in [5.74, 6) is 0.763. The van der Waals surface area contributed by atoms with E-state index in [0.29, 0.717) is 31.2 Å². The van der Waals surface area contributed by atoms with E-state index in [2.05, 4.69) is 5.32 Å². The number of methoxy groups -OCH3 is 1. The predicted molar refractivity (Wildman–Crippen MR) is 101 cm³/mol. The van der Waals surface area contributed by atoms with Crippen molar-refractivity contribution in [2.24, 2.45) is 0 Å². The van der Waals surface area contributed by atoms with Gasteiger partial charge in [-0.15, -0.1) is 0 Å². The molecule has 0 aliphatic carbocycles. The average molecular weight is 369 g/mol. The Bertz CT molecular complexity index is 864. The Morgan fingerprint density at radius 2 is 1.41 bits per heavy atom. The SMILES string of the molecule is COc1cccc(CNCc2ccc(F)cc2)c1OCc1ccc(F)cc1. The van der Waals surface area contributed by atoms with E-state index < -0.39 is 0 Å². The monoisotopic (exact) mass is 369 g/mol. The van der Waals surface area contributed by atoms with Crippen LogP contribution in [-0.4, -0.2) is 7.11 Å². The first-order valence-electron chi connectivity index (χ1n) is 8.64. The Kier molecular flexibility index (Phi) is 6.39. The molecule has 0 fully saturated rings. The third-order valence-electron chi connectivity index (χ3n) is 4.13. The first-order valence-corrected chi connectivity index (χ1v) is 8.64. The molecule has 5 heteroatoms. The summed E-state index contributed by atoms with van der Waals surface area (Å²) in [5.41, 5.74) is 2.80. The molecule has 27 heavy (non-hydrogen) atoms. The fourth-order valence-corrected chi connectivity index (χ4v) is 2.70. The van der Waals surface area contributed by atoms with Gasteiger partial charge in [-0.2, -0.15) is 0 Å². The van der Waals surface area contributed by atoms with Gasteiger partial charge in [0.1, 0.15) is 18.2 Å². The van der Waals surface area contributed by atoms with Crippen LogP contribution in [0.3, 0.4) is 0 Å². The van der Waals surface area contributed by atoms with Crippen LogP contribution in [0.5, 0.6) is 11.5 Å². The lowest BCUT2D eigenvalue weighted by Crippen LogP contribution is -2.14. The molecule has 0 saturated heterocycles. The molecule has 0 spiro atoms. The minimum atomic E-state index is -0.276. The Balaban J connectivity index is 1.66. The Hall–Kier alpha value is -2.92. The molecule has 3 rings (SSSR count). The molecule has 0 aliphatic heterocycles. The molecule has 3 aromatic carbocycles. The van der Waals surface area contributed by atoms with E-state index in [0.717, 1.165) is 16.7 Å². The number of rotatable bonds is 8. The van der Waals surface area contributed by atoms with Crippen molar-refractivity contribution in [1.82, 2.24) is 5.32 Å². The van der Waals surface area contributed by atoms with Crippen molar-refractivity contribution in [1.29, 1.82) is 0 Å². The van der Waals surface area contributed by atoms with Gasteiger partial charge in [0, 0.05) is 18.7 Å². The number of nitrogens with one attached hydrogen (secondary N) is 1. The third kappa shape index (κ3) is 5.28. The minimum absolute atomic E-state index is 0.247. The zero-order chi connectivity index (χ0) is 19.1. The molecular weight excluding hydrogens is 348 g/mol. The van der Waals surface area contributed by atoms with Gasteiger partial charge in [-0.05, 0) is 41.5 Å². The highest BCUT2D eigenvalue weighted by molar-refractivity contribution is 5.46. The number of hydrogen-bond acceptors (Lipinski definition) is 3. The van der Waals surface area contributed by atoms with Crippen LogP contribution in [-0.2, 0) is 19.7 Å². The summed E-state index contributed by atoms with van der Waals surface area (Å²) in [6.45, 7) is 1.48. The summed E-state index contributed by atoms with van der Waals surface area (Å²) in [4.78, 5) is 0. The zero-order valence-electron chi connectivity index (χ0n) is 15.0. The maximum Gasteiger partial charge on any atom is 0.166 e. The van der Waals surface area contributed by atoms with E-state index in [4.69, 9.17) is 9.47 Å². The molecule has 0 bridgehead atoms. The van der Waals surface area contributed by atoms with Crippen LogP contribution in [0, 0.1) is 11.6 Å². The largest absolute Gasteiger partial charge is 0.493 e. The van der Waals surface area contributed by atoms with Crippen LogP contribution >= 0.6 is 0 Å². The highest BCUT2D eigenvalue weighted by Crippen LogP contribution is 2.32. The molecule has 140 valence electrons. The van der Waals surface area contributed by atoms with Gasteiger partial charge >= 0.3 is 0 Å². The molecule has 0 saturated carbocycles. The van der Waals surface area contributed by atoms with Crippen LogP contribution < -0.4 is 14.8 Å². The normalized spacial score (nSPS) is 10.6. The molecule has 3 nitrogen and oxygen atoms in total. The number of ether oxygens (including phenoxy) is 2. The van der Waals surface area contributed by atoms with Crippen molar-refractivity contribution in [3.05, 3.63) is 95.1 Å². The summed E-state index contributed by atoms with van der Waals surface area (Å²) in [7, 11) is 1.59. The van der Waals surface area contributed by atoms with Gasteiger partial charge in [0.2, 0.25) is 0 Å². The number of para-hydroxylation sites is 1. The number of halogens is 2. The van der Waals surface area contributed by atoms with Crippen molar-refractivity contribution in [3.8, 4) is 11.5 Å². The number of hydrogen-bond donors (Lipinski definition) is 1. The fraction of sp³-hybridized carbons (Fsp3) is 0.182. The van der Waals surface area contributed by atoms with Crippen LogP contribution in [0.15, 0.2) is 66.7 Å². The van der Waals surface area contributed by atoms with Gasteiger partial charge in [-0.25, -0.2) is 8.78 Å². The quantitative estimate of drug-likeness (QED) is 0.616. The van der Waals surface area contributed by atoms with Crippen molar-refractivity contribution in [3.63, 3.8) is 0 Å². The summed E-state index contributed by atoms with van der Waals surface area (Å²) in [5, 5.41) is 3.33. The van der Waals surface area contributed by atoms with Gasteiger partial charge in [0.15, 0.2) is 11.5 Å². The van der Waals surface area contributed by atoms with E-state index in [9.17, 15) is 8.78 Å². The average Bonchev–Trinajstić information content (AvgIpc) is 2.69. The van der Waals surface area contributed by atoms with Crippen molar-refractivity contribution < 1.29 is 18.3 Å². The topological polar surface area (TPSA) is 30.5 Å². The van der Waals surface area contributed by atoms with Crippen LogP contribution in [0.2, 0.25) is 0 Å². The highest BCUT2D eigenvalue weighted by Gasteiger charge is 2.11. The van der Waals surface area contributed by atoms with E-state index in [-0.39, 0.29) is 11.6 Å². The first kappa shape index (κ1) is 18.9. The lowest BCUT2D eigenvalue weighted by atomic mass is 10.1. The maximum absolute atomic E-state index is 13.0. The summed E-state index contributed by atoms with van der Waals surface area (Å²) in [6, 6.07) is 18.3. The van der Waals surface area contributed by atoms with Crippen molar-refractivity contribution in [2.45, 2.75) is 19.7 Å². The standard InChI is InChI=1S/C22H21F2NO2/c1-26-21-4-2-3-18(14-25-13-16-5-9-19(23)10-6-16)22(21)27-15-17-7-11-20(24)12-8-17/h2-12,25H,13-15H2,1H3. The van der Waals surface area contributed by atoms with Crippen molar-refractivity contribution >= 4 is 0 Å². The molecule has 0 unspecified atom stereocenters. The molecular formula is C22H21F2NO2. The van der Waals surface area contributed by atoms with Gasteiger partial charge < -0.3 is 14.8 Å². The molecule has 3 aromatic rings. The van der Waals surface area contributed by atoms with E-state index in [1.54, 1.807) is 31.4 Å². The number of benzene rings is 3. The first-order chi connectivity index (χ1) is 13.2. The predicted octanol–water partition coefficient (Wildman–Crippen LogP) is 4.84. The second kappa shape index (κ2) is 9.14. The van der Waals surface area contributed by atoms with Crippen LogP contribution in [0.1, 0.15) is 16.7 Å². The fourth-order valence-electron chi connectivity index (χ4n) is 2.70. The maximum atomic E-state index is 13.0. The van der Waals surface area contributed by atoms with E-state index in [1.165, 1.54) is 24.3 Å². The van der Waals surface area contributed by atoms with Crippen molar-refractivity contribution in [2.75, 3.05) is 7.11 Å². The van der Waals surface area contributed by atoms with Crippen LogP contribution in [0.25, 0.3) is 0 Å². The summed E-state index contributed by atoms with van der Waals surface area (Å²) < 4.78 is 37.4. The Labute approximate surface area is 157 Å². The molecule has 0 atom stereocenters. The summed E-state index contributed by atoms with van der Waals surface area (Å²) in [6.07, 6.45) is 0. The molecule has 0 radical (unpaired) electrons.